The Bertz CT molecular complexity index is 190. The number of carboxylic acid groups (broad SMARTS) is 1. The van der Waals surface area contributed by atoms with Crippen molar-refractivity contribution >= 4 is 5.97 Å². The van der Waals surface area contributed by atoms with Gasteiger partial charge in [0, 0.05) is 13.2 Å². The minimum Gasteiger partial charge on any atom is -0.480 e. The van der Waals surface area contributed by atoms with Crippen LogP contribution >= 0.6 is 0 Å². The van der Waals surface area contributed by atoms with Gasteiger partial charge in [0.05, 0.1) is 0 Å². The lowest BCUT2D eigenvalue weighted by molar-refractivity contribution is -0.139. The largest absolute Gasteiger partial charge is 0.480 e. The lowest BCUT2D eigenvalue weighted by Gasteiger charge is -2.24. The standard InChI is InChI=1S/C11H21NO3/c1-2-3-10(11(13)14)12-8-9-4-6-15-7-5-9/h9-10,12H,2-8H2,1H3,(H,13,14). The molecule has 0 saturated carbocycles. The summed E-state index contributed by atoms with van der Waals surface area (Å²) >= 11 is 0. The Kier molecular flexibility index (Phi) is 5.65. The Morgan fingerprint density at radius 1 is 1.53 bits per heavy atom. The maximum atomic E-state index is 10.9. The maximum absolute atomic E-state index is 10.9. The van der Waals surface area contributed by atoms with Crippen molar-refractivity contribution in [2.75, 3.05) is 19.8 Å². The van der Waals surface area contributed by atoms with Crippen molar-refractivity contribution in [3.05, 3.63) is 0 Å². The summed E-state index contributed by atoms with van der Waals surface area (Å²) < 4.78 is 5.26. The van der Waals surface area contributed by atoms with Crippen LogP contribution in [0.25, 0.3) is 0 Å². The fraction of sp³-hybridized carbons (Fsp3) is 0.909. The van der Waals surface area contributed by atoms with Gasteiger partial charge in [-0.15, -0.1) is 0 Å². The van der Waals surface area contributed by atoms with Gasteiger partial charge in [-0.1, -0.05) is 13.3 Å². The van der Waals surface area contributed by atoms with E-state index < -0.39 is 5.97 Å². The maximum Gasteiger partial charge on any atom is 0.320 e. The van der Waals surface area contributed by atoms with Gasteiger partial charge >= 0.3 is 5.97 Å². The zero-order valence-corrected chi connectivity index (χ0v) is 9.37. The predicted molar refractivity (Wildman–Crippen MR) is 57.9 cm³/mol. The summed E-state index contributed by atoms with van der Waals surface area (Å²) in [6.07, 6.45) is 3.70. The Morgan fingerprint density at radius 3 is 2.73 bits per heavy atom. The molecule has 2 N–H and O–H groups in total. The molecule has 0 radical (unpaired) electrons. The van der Waals surface area contributed by atoms with Crippen LogP contribution in [-0.4, -0.2) is 36.9 Å². The molecule has 4 heteroatoms. The van der Waals surface area contributed by atoms with Gasteiger partial charge in [0.15, 0.2) is 0 Å². The molecule has 0 aliphatic carbocycles. The average molecular weight is 215 g/mol. The van der Waals surface area contributed by atoms with Gasteiger partial charge < -0.3 is 15.2 Å². The monoisotopic (exact) mass is 215 g/mol. The van der Waals surface area contributed by atoms with Gasteiger partial charge in [0.2, 0.25) is 0 Å². The molecular weight excluding hydrogens is 194 g/mol. The third kappa shape index (κ3) is 4.62. The molecule has 0 aromatic carbocycles. The first kappa shape index (κ1) is 12.5. The highest BCUT2D eigenvalue weighted by atomic mass is 16.5. The van der Waals surface area contributed by atoms with Crippen molar-refractivity contribution in [3.63, 3.8) is 0 Å². The predicted octanol–water partition coefficient (Wildman–Crippen LogP) is 1.26. The van der Waals surface area contributed by atoms with Crippen molar-refractivity contribution in [2.45, 2.75) is 38.6 Å². The van der Waals surface area contributed by atoms with E-state index in [0.717, 1.165) is 39.0 Å². The first-order valence-electron chi connectivity index (χ1n) is 5.78. The van der Waals surface area contributed by atoms with Crippen LogP contribution in [0.1, 0.15) is 32.6 Å². The van der Waals surface area contributed by atoms with Crippen LogP contribution in [0.4, 0.5) is 0 Å². The number of nitrogens with one attached hydrogen (secondary N) is 1. The van der Waals surface area contributed by atoms with Crippen molar-refractivity contribution < 1.29 is 14.6 Å². The van der Waals surface area contributed by atoms with E-state index in [1.807, 2.05) is 6.92 Å². The number of carbonyl (C=O) groups is 1. The van der Waals surface area contributed by atoms with Gasteiger partial charge in [0.1, 0.15) is 6.04 Å². The molecule has 1 unspecified atom stereocenters. The highest BCUT2D eigenvalue weighted by molar-refractivity contribution is 5.73. The van der Waals surface area contributed by atoms with E-state index in [4.69, 9.17) is 9.84 Å². The zero-order chi connectivity index (χ0) is 11.1. The summed E-state index contributed by atoms with van der Waals surface area (Å²) in [7, 11) is 0. The topological polar surface area (TPSA) is 58.6 Å². The summed E-state index contributed by atoms with van der Waals surface area (Å²) in [6, 6.07) is -0.377. The van der Waals surface area contributed by atoms with E-state index in [0.29, 0.717) is 12.3 Å². The number of ether oxygens (including phenoxy) is 1. The van der Waals surface area contributed by atoms with Crippen LogP contribution in [0.2, 0.25) is 0 Å². The molecule has 1 aliphatic rings. The normalized spacial score (nSPS) is 20.1. The quantitative estimate of drug-likeness (QED) is 0.700. The molecule has 88 valence electrons. The smallest absolute Gasteiger partial charge is 0.320 e. The summed E-state index contributed by atoms with van der Waals surface area (Å²) in [6.45, 7) is 4.45. The first-order chi connectivity index (χ1) is 7.24. The zero-order valence-electron chi connectivity index (χ0n) is 9.37. The van der Waals surface area contributed by atoms with E-state index in [1.165, 1.54) is 0 Å². The van der Waals surface area contributed by atoms with Crippen LogP contribution in [-0.2, 0) is 9.53 Å². The Hall–Kier alpha value is -0.610. The lowest BCUT2D eigenvalue weighted by atomic mass is 10.00. The van der Waals surface area contributed by atoms with E-state index in [1.54, 1.807) is 0 Å². The number of aliphatic carboxylic acids is 1. The molecule has 0 aromatic rings. The molecule has 1 saturated heterocycles. The molecule has 4 nitrogen and oxygen atoms in total. The van der Waals surface area contributed by atoms with Crippen LogP contribution in [0, 0.1) is 5.92 Å². The van der Waals surface area contributed by atoms with Crippen LogP contribution in [0.5, 0.6) is 0 Å². The number of carboxylic acids is 1. The summed E-state index contributed by atoms with van der Waals surface area (Å²) in [4.78, 5) is 10.9. The van der Waals surface area contributed by atoms with E-state index in [2.05, 4.69) is 5.32 Å². The van der Waals surface area contributed by atoms with Gasteiger partial charge in [-0.05, 0) is 31.7 Å². The third-order valence-corrected chi connectivity index (χ3v) is 2.87. The molecule has 1 rings (SSSR count). The van der Waals surface area contributed by atoms with Gasteiger partial charge in [-0.2, -0.15) is 0 Å². The Morgan fingerprint density at radius 2 is 2.20 bits per heavy atom. The van der Waals surface area contributed by atoms with Gasteiger partial charge in [-0.3, -0.25) is 4.79 Å². The van der Waals surface area contributed by atoms with Crippen molar-refractivity contribution in [3.8, 4) is 0 Å². The minimum atomic E-state index is -0.732. The average Bonchev–Trinajstić information content (AvgIpc) is 2.25. The van der Waals surface area contributed by atoms with Gasteiger partial charge in [-0.25, -0.2) is 0 Å². The second kappa shape index (κ2) is 6.80. The molecule has 15 heavy (non-hydrogen) atoms. The molecule has 1 heterocycles. The third-order valence-electron chi connectivity index (χ3n) is 2.87. The fourth-order valence-electron chi connectivity index (χ4n) is 1.86. The van der Waals surface area contributed by atoms with E-state index in [9.17, 15) is 4.79 Å². The second-order valence-corrected chi connectivity index (χ2v) is 4.14. The van der Waals surface area contributed by atoms with Crippen molar-refractivity contribution in [1.82, 2.24) is 5.32 Å². The highest BCUT2D eigenvalue weighted by Crippen LogP contribution is 2.13. The van der Waals surface area contributed by atoms with E-state index >= 15 is 0 Å². The lowest BCUT2D eigenvalue weighted by Crippen LogP contribution is -2.40. The van der Waals surface area contributed by atoms with Crippen LogP contribution < -0.4 is 5.32 Å². The number of hydrogen-bond donors (Lipinski definition) is 2. The summed E-state index contributed by atoms with van der Waals surface area (Å²) in [5.74, 6) is -0.152. The molecule has 0 amide bonds. The highest BCUT2D eigenvalue weighted by Gasteiger charge is 2.19. The SMILES string of the molecule is CCCC(NCC1CCOCC1)C(=O)O. The van der Waals surface area contributed by atoms with Crippen LogP contribution in [0.3, 0.4) is 0 Å². The van der Waals surface area contributed by atoms with Crippen molar-refractivity contribution in [2.24, 2.45) is 5.92 Å². The molecule has 0 aromatic heterocycles. The van der Waals surface area contributed by atoms with Gasteiger partial charge in [0.25, 0.3) is 0 Å². The summed E-state index contributed by atoms with van der Waals surface area (Å²) in [5.41, 5.74) is 0. The molecule has 0 spiro atoms. The molecular formula is C11H21NO3. The summed E-state index contributed by atoms with van der Waals surface area (Å²) in [5, 5.41) is 12.1. The second-order valence-electron chi connectivity index (χ2n) is 4.14. The van der Waals surface area contributed by atoms with Crippen LogP contribution in [0.15, 0.2) is 0 Å². The minimum absolute atomic E-state index is 0.377. The molecule has 1 fully saturated rings. The molecule has 1 aliphatic heterocycles. The number of hydrogen-bond acceptors (Lipinski definition) is 3. The number of rotatable bonds is 6. The Balaban J connectivity index is 2.22. The van der Waals surface area contributed by atoms with E-state index in [-0.39, 0.29) is 6.04 Å². The Labute approximate surface area is 91.0 Å². The molecule has 0 bridgehead atoms. The van der Waals surface area contributed by atoms with Crippen molar-refractivity contribution in [1.29, 1.82) is 0 Å². The first-order valence-corrected chi connectivity index (χ1v) is 5.78. The fourth-order valence-corrected chi connectivity index (χ4v) is 1.86. The molecule has 1 atom stereocenters.